The van der Waals surface area contributed by atoms with E-state index in [9.17, 15) is 13.2 Å². The summed E-state index contributed by atoms with van der Waals surface area (Å²) in [5, 5.41) is 0. The molecular weight excluding hydrogens is 203 g/mol. The van der Waals surface area contributed by atoms with Crippen LogP contribution in [0.4, 0.5) is 13.2 Å². The summed E-state index contributed by atoms with van der Waals surface area (Å²) >= 11 is 0. The van der Waals surface area contributed by atoms with Gasteiger partial charge in [0.05, 0.1) is 11.8 Å². The third kappa shape index (κ3) is 2.03. The number of benzene rings is 1. The minimum absolute atomic E-state index is 0.640. The van der Waals surface area contributed by atoms with Gasteiger partial charge in [-0.3, -0.25) is 0 Å². The Bertz CT molecular complexity index is 426. The van der Waals surface area contributed by atoms with Crippen LogP contribution in [0.3, 0.4) is 0 Å². The van der Waals surface area contributed by atoms with E-state index in [0.717, 1.165) is 12.1 Å². The van der Waals surface area contributed by atoms with E-state index in [1.807, 2.05) is 0 Å². The molecule has 0 aliphatic heterocycles. The van der Waals surface area contributed by atoms with Crippen molar-refractivity contribution in [2.75, 3.05) is 0 Å². The van der Waals surface area contributed by atoms with Crippen LogP contribution in [0.15, 0.2) is 42.6 Å². The average molecular weight is 210 g/mol. The molecule has 0 saturated heterocycles. The van der Waals surface area contributed by atoms with Crippen molar-refractivity contribution in [2.24, 2.45) is 0 Å². The van der Waals surface area contributed by atoms with Crippen molar-refractivity contribution in [1.29, 1.82) is 0 Å². The van der Waals surface area contributed by atoms with E-state index < -0.39 is 11.7 Å². The summed E-state index contributed by atoms with van der Waals surface area (Å²) in [4.78, 5) is 0. The van der Waals surface area contributed by atoms with Crippen LogP contribution >= 0.6 is 0 Å². The molecule has 1 heterocycles. The maximum absolute atomic E-state index is 12.2. The van der Waals surface area contributed by atoms with Gasteiger partial charge < -0.3 is 4.57 Å². The van der Waals surface area contributed by atoms with Crippen LogP contribution in [0.2, 0.25) is 0 Å². The summed E-state index contributed by atoms with van der Waals surface area (Å²) in [6.07, 6.45) is 0.293. The Hall–Kier alpha value is -1.71. The van der Waals surface area contributed by atoms with Gasteiger partial charge in [0.15, 0.2) is 0 Å². The van der Waals surface area contributed by atoms with Crippen LogP contribution in [0, 0.1) is 6.20 Å². The Morgan fingerprint density at radius 1 is 1.07 bits per heavy atom. The normalized spacial score (nSPS) is 11.7. The van der Waals surface area contributed by atoms with Crippen molar-refractivity contribution in [3.05, 3.63) is 54.4 Å². The summed E-state index contributed by atoms with van der Waals surface area (Å²) in [5.74, 6) is 0. The summed E-state index contributed by atoms with van der Waals surface area (Å²) in [6, 6.07) is 8.40. The number of hydrogen-bond donors (Lipinski definition) is 0. The molecular formula is C11H7F3N. The lowest BCUT2D eigenvalue weighted by Gasteiger charge is -2.07. The van der Waals surface area contributed by atoms with Crippen molar-refractivity contribution in [3.8, 4) is 5.69 Å². The van der Waals surface area contributed by atoms with Crippen molar-refractivity contribution in [3.63, 3.8) is 0 Å². The van der Waals surface area contributed by atoms with Gasteiger partial charge in [0.25, 0.3) is 0 Å². The number of alkyl halides is 3. The smallest absolute Gasteiger partial charge is 0.315 e. The van der Waals surface area contributed by atoms with E-state index in [2.05, 4.69) is 6.20 Å². The van der Waals surface area contributed by atoms with E-state index in [-0.39, 0.29) is 0 Å². The van der Waals surface area contributed by atoms with Crippen LogP contribution in [0.5, 0.6) is 0 Å². The Morgan fingerprint density at radius 3 is 2.20 bits per heavy atom. The molecule has 0 amide bonds. The largest absolute Gasteiger partial charge is 0.416 e. The monoisotopic (exact) mass is 210 g/mol. The molecule has 1 radical (unpaired) electrons. The molecule has 15 heavy (non-hydrogen) atoms. The fourth-order valence-electron chi connectivity index (χ4n) is 1.27. The molecule has 0 saturated carbocycles. The fourth-order valence-corrected chi connectivity index (χ4v) is 1.27. The maximum atomic E-state index is 12.2. The van der Waals surface area contributed by atoms with E-state index in [4.69, 9.17) is 0 Å². The average Bonchev–Trinajstić information content (AvgIpc) is 2.69. The molecule has 0 fully saturated rings. The standard InChI is InChI=1S/C11H7F3N/c12-11(13,14)9-3-5-10(6-4-9)15-7-1-2-8-15/h1-7H. The highest BCUT2D eigenvalue weighted by Crippen LogP contribution is 2.29. The first kappa shape index (κ1) is 9.83. The van der Waals surface area contributed by atoms with Gasteiger partial charge in [0.1, 0.15) is 0 Å². The lowest BCUT2D eigenvalue weighted by Crippen LogP contribution is -2.04. The molecule has 0 bridgehead atoms. The zero-order valence-electron chi connectivity index (χ0n) is 7.62. The molecule has 0 N–H and O–H groups in total. The summed E-state index contributed by atoms with van der Waals surface area (Å²) in [7, 11) is 0. The Balaban J connectivity index is 2.33. The van der Waals surface area contributed by atoms with Gasteiger partial charge in [-0.1, -0.05) is 0 Å². The van der Waals surface area contributed by atoms with Gasteiger partial charge in [0.2, 0.25) is 0 Å². The predicted octanol–water partition coefficient (Wildman–Crippen LogP) is 3.30. The second-order valence-corrected chi connectivity index (χ2v) is 3.05. The molecule has 2 rings (SSSR count). The first-order valence-electron chi connectivity index (χ1n) is 4.30. The predicted molar refractivity (Wildman–Crippen MR) is 49.6 cm³/mol. The van der Waals surface area contributed by atoms with Crippen LogP contribution < -0.4 is 0 Å². The Morgan fingerprint density at radius 2 is 1.73 bits per heavy atom. The van der Waals surface area contributed by atoms with Crippen LogP contribution in [0.1, 0.15) is 5.56 Å². The number of halogens is 3. The highest BCUT2D eigenvalue weighted by Gasteiger charge is 2.29. The van der Waals surface area contributed by atoms with Crippen LogP contribution in [-0.2, 0) is 6.18 Å². The van der Waals surface area contributed by atoms with Crippen molar-refractivity contribution in [1.82, 2.24) is 4.57 Å². The topological polar surface area (TPSA) is 4.93 Å². The lowest BCUT2D eigenvalue weighted by atomic mass is 10.2. The minimum Gasteiger partial charge on any atom is -0.315 e. The minimum atomic E-state index is -4.28. The molecule has 1 nitrogen and oxygen atoms in total. The molecule has 4 heteroatoms. The van der Waals surface area contributed by atoms with Gasteiger partial charge >= 0.3 is 6.18 Å². The fraction of sp³-hybridized carbons (Fsp3) is 0.0909. The first-order chi connectivity index (χ1) is 7.07. The second-order valence-electron chi connectivity index (χ2n) is 3.05. The highest BCUT2D eigenvalue weighted by atomic mass is 19.4. The molecule has 2 aromatic rings. The number of aromatic nitrogens is 1. The zero-order chi connectivity index (χ0) is 10.9. The summed E-state index contributed by atoms with van der Waals surface area (Å²) in [6.45, 7) is 0. The van der Waals surface area contributed by atoms with Crippen molar-refractivity contribution < 1.29 is 13.2 Å². The molecule has 0 aliphatic rings. The van der Waals surface area contributed by atoms with E-state index in [0.29, 0.717) is 5.69 Å². The molecule has 0 aliphatic carbocycles. The quantitative estimate of drug-likeness (QED) is 0.680. The molecule has 1 aromatic heterocycles. The second kappa shape index (κ2) is 3.46. The highest BCUT2D eigenvalue weighted by molar-refractivity contribution is 5.35. The van der Waals surface area contributed by atoms with Gasteiger partial charge in [0, 0.05) is 11.9 Å². The third-order valence-corrected chi connectivity index (χ3v) is 2.02. The SMILES string of the molecule is FC(F)(F)c1ccc(-n2[c]ccc2)cc1. The number of rotatable bonds is 1. The Labute approximate surface area is 84.8 Å². The summed E-state index contributed by atoms with van der Waals surface area (Å²) < 4.78 is 38.4. The van der Waals surface area contributed by atoms with E-state index in [1.165, 1.54) is 12.1 Å². The van der Waals surface area contributed by atoms with Crippen LogP contribution in [0.25, 0.3) is 5.69 Å². The molecule has 77 valence electrons. The molecule has 0 atom stereocenters. The van der Waals surface area contributed by atoms with Crippen LogP contribution in [-0.4, -0.2) is 4.57 Å². The van der Waals surface area contributed by atoms with Gasteiger partial charge in [-0.2, -0.15) is 13.2 Å². The number of hydrogen-bond acceptors (Lipinski definition) is 0. The molecule has 0 unspecified atom stereocenters. The molecule has 1 aromatic carbocycles. The van der Waals surface area contributed by atoms with Gasteiger partial charge in [-0.05, 0) is 36.4 Å². The van der Waals surface area contributed by atoms with Crippen molar-refractivity contribution >= 4 is 0 Å². The van der Waals surface area contributed by atoms with Crippen molar-refractivity contribution in [2.45, 2.75) is 6.18 Å². The summed E-state index contributed by atoms with van der Waals surface area (Å²) in [5.41, 5.74) is 0.0198. The maximum Gasteiger partial charge on any atom is 0.416 e. The zero-order valence-corrected chi connectivity index (χ0v) is 7.62. The van der Waals surface area contributed by atoms with Gasteiger partial charge in [-0.15, -0.1) is 0 Å². The number of nitrogens with zero attached hydrogens (tertiary/aromatic N) is 1. The first-order valence-corrected chi connectivity index (χ1v) is 4.30. The third-order valence-electron chi connectivity index (χ3n) is 2.02. The molecule has 0 spiro atoms. The van der Waals surface area contributed by atoms with Gasteiger partial charge in [-0.25, -0.2) is 0 Å². The van der Waals surface area contributed by atoms with E-state index >= 15 is 0 Å². The lowest BCUT2D eigenvalue weighted by molar-refractivity contribution is -0.137. The Kier molecular flexibility index (Phi) is 2.26. The van der Waals surface area contributed by atoms with E-state index in [1.54, 1.807) is 22.9 Å².